The fourth-order valence-corrected chi connectivity index (χ4v) is 1.20. The first-order valence-electron chi connectivity index (χ1n) is 4.14. The second kappa shape index (κ2) is 4.14. The van der Waals surface area contributed by atoms with Gasteiger partial charge in [-0.2, -0.15) is 0 Å². The minimum Gasteiger partial charge on any atom is -0.504 e. The van der Waals surface area contributed by atoms with Gasteiger partial charge in [-0.25, -0.2) is 0 Å². The molecule has 0 fully saturated rings. The molecule has 0 radical (unpaired) electrons. The summed E-state index contributed by atoms with van der Waals surface area (Å²) in [4.78, 5) is 2.04. The summed E-state index contributed by atoms with van der Waals surface area (Å²) in [5, 5.41) is 9.46. The van der Waals surface area contributed by atoms with Gasteiger partial charge in [0.1, 0.15) is 0 Å². The van der Waals surface area contributed by atoms with Crippen LogP contribution in [0.1, 0.15) is 5.56 Å². The van der Waals surface area contributed by atoms with Gasteiger partial charge >= 0.3 is 0 Å². The summed E-state index contributed by atoms with van der Waals surface area (Å²) in [6, 6.07) is 5.44. The third kappa shape index (κ3) is 2.63. The van der Waals surface area contributed by atoms with Gasteiger partial charge in [0.15, 0.2) is 11.5 Å². The molecule has 1 rings (SSSR count). The molecule has 0 aliphatic rings. The highest BCUT2D eigenvalue weighted by Gasteiger charge is 2.02. The molecule has 0 amide bonds. The highest BCUT2D eigenvalue weighted by Crippen LogP contribution is 2.26. The van der Waals surface area contributed by atoms with E-state index in [-0.39, 0.29) is 5.75 Å². The average Bonchev–Trinajstić information content (AvgIpc) is 2.03. The van der Waals surface area contributed by atoms with E-state index >= 15 is 0 Å². The molecule has 1 aromatic rings. The van der Waals surface area contributed by atoms with E-state index in [1.807, 2.05) is 25.1 Å². The number of methoxy groups -OCH3 is 1. The zero-order valence-electron chi connectivity index (χ0n) is 8.24. The van der Waals surface area contributed by atoms with Gasteiger partial charge in [0.25, 0.3) is 0 Å². The molecule has 3 nitrogen and oxygen atoms in total. The van der Waals surface area contributed by atoms with Crippen molar-refractivity contribution in [2.45, 2.75) is 6.54 Å². The molecule has 0 atom stereocenters. The molecule has 0 bridgehead atoms. The number of nitrogens with zero attached hydrogens (tertiary/aromatic N) is 1. The summed E-state index contributed by atoms with van der Waals surface area (Å²) in [6.07, 6.45) is 0. The fraction of sp³-hybridized carbons (Fsp3) is 0.400. The molecule has 0 spiro atoms. The standard InChI is InChI=1S/C10H15NO2/c1-11(2)7-8-4-5-10(13-3)9(12)6-8/h4-6,12H,7H2,1-3H3. The normalized spacial score (nSPS) is 10.5. The number of hydrogen-bond donors (Lipinski definition) is 1. The lowest BCUT2D eigenvalue weighted by Gasteiger charge is -2.10. The predicted molar refractivity (Wildman–Crippen MR) is 52.0 cm³/mol. The first-order chi connectivity index (χ1) is 6.13. The van der Waals surface area contributed by atoms with Crippen molar-refractivity contribution in [2.75, 3.05) is 21.2 Å². The SMILES string of the molecule is COc1ccc(CN(C)C)cc1O. The van der Waals surface area contributed by atoms with Crippen LogP contribution in [0.2, 0.25) is 0 Å². The first kappa shape index (κ1) is 9.86. The van der Waals surface area contributed by atoms with Crippen molar-refractivity contribution < 1.29 is 9.84 Å². The molecule has 1 N–H and O–H groups in total. The maximum atomic E-state index is 9.46. The van der Waals surface area contributed by atoms with Crippen molar-refractivity contribution in [3.8, 4) is 11.5 Å². The number of aromatic hydroxyl groups is 1. The van der Waals surface area contributed by atoms with E-state index in [9.17, 15) is 5.11 Å². The first-order valence-corrected chi connectivity index (χ1v) is 4.14. The number of benzene rings is 1. The average molecular weight is 181 g/mol. The largest absolute Gasteiger partial charge is 0.504 e. The van der Waals surface area contributed by atoms with Crippen molar-refractivity contribution in [3.63, 3.8) is 0 Å². The lowest BCUT2D eigenvalue weighted by molar-refractivity contribution is 0.369. The zero-order chi connectivity index (χ0) is 9.84. The van der Waals surface area contributed by atoms with Crippen molar-refractivity contribution in [3.05, 3.63) is 23.8 Å². The molecular weight excluding hydrogens is 166 g/mol. The number of phenolic OH excluding ortho intramolecular Hbond substituents is 1. The van der Waals surface area contributed by atoms with Crippen LogP contribution in [0.15, 0.2) is 18.2 Å². The van der Waals surface area contributed by atoms with E-state index in [1.54, 1.807) is 19.2 Å². The van der Waals surface area contributed by atoms with Crippen molar-refractivity contribution in [1.29, 1.82) is 0 Å². The van der Waals surface area contributed by atoms with Crippen LogP contribution < -0.4 is 4.74 Å². The lowest BCUT2D eigenvalue weighted by atomic mass is 10.2. The number of phenols is 1. The van der Waals surface area contributed by atoms with E-state index in [0.717, 1.165) is 12.1 Å². The third-order valence-corrected chi connectivity index (χ3v) is 1.74. The summed E-state index contributed by atoms with van der Waals surface area (Å²) >= 11 is 0. The Bertz CT molecular complexity index is 284. The summed E-state index contributed by atoms with van der Waals surface area (Å²) in [5.41, 5.74) is 1.07. The molecule has 13 heavy (non-hydrogen) atoms. The van der Waals surface area contributed by atoms with Gasteiger partial charge < -0.3 is 14.7 Å². The van der Waals surface area contributed by atoms with Crippen molar-refractivity contribution in [2.24, 2.45) is 0 Å². The Morgan fingerprint density at radius 1 is 1.38 bits per heavy atom. The summed E-state index contributed by atoms with van der Waals surface area (Å²) in [6.45, 7) is 0.817. The molecule has 72 valence electrons. The quantitative estimate of drug-likeness (QED) is 0.766. The van der Waals surface area contributed by atoms with Crippen molar-refractivity contribution in [1.82, 2.24) is 4.90 Å². The van der Waals surface area contributed by atoms with Crippen molar-refractivity contribution >= 4 is 0 Å². The lowest BCUT2D eigenvalue weighted by Crippen LogP contribution is -2.10. The molecular formula is C10H15NO2. The van der Waals surface area contributed by atoms with E-state index in [0.29, 0.717) is 5.75 Å². The molecule has 0 aromatic heterocycles. The van der Waals surface area contributed by atoms with Crippen LogP contribution >= 0.6 is 0 Å². The minimum atomic E-state index is 0.196. The fourth-order valence-electron chi connectivity index (χ4n) is 1.20. The second-order valence-corrected chi connectivity index (χ2v) is 3.24. The smallest absolute Gasteiger partial charge is 0.160 e. The highest BCUT2D eigenvalue weighted by atomic mass is 16.5. The monoisotopic (exact) mass is 181 g/mol. The molecule has 0 saturated carbocycles. The van der Waals surface area contributed by atoms with Gasteiger partial charge in [0.2, 0.25) is 0 Å². The Labute approximate surface area is 78.6 Å². The number of hydrogen-bond acceptors (Lipinski definition) is 3. The van der Waals surface area contributed by atoms with E-state index < -0.39 is 0 Å². The minimum absolute atomic E-state index is 0.196. The van der Waals surface area contributed by atoms with E-state index in [4.69, 9.17) is 4.74 Å². The van der Waals surface area contributed by atoms with Gasteiger partial charge in [-0.05, 0) is 31.8 Å². The van der Waals surface area contributed by atoms with Gasteiger partial charge in [-0.3, -0.25) is 0 Å². The van der Waals surface area contributed by atoms with Gasteiger partial charge in [0.05, 0.1) is 7.11 Å². The summed E-state index contributed by atoms with van der Waals surface area (Å²) in [5.74, 6) is 0.712. The van der Waals surface area contributed by atoms with Crippen LogP contribution in [-0.2, 0) is 6.54 Å². The van der Waals surface area contributed by atoms with Gasteiger partial charge in [0, 0.05) is 6.54 Å². The predicted octanol–water partition coefficient (Wildman–Crippen LogP) is 1.46. The number of rotatable bonds is 3. The zero-order valence-corrected chi connectivity index (χ0v) is 8.24. The molecule has 0 aliphatic carbocycles. The van der Waals surface area contributed by atoms with Gasteiger partial charge in [-0.1, -0.05) is 6.07 Å². The van der Waals surface area contributed by atoms with E-state index in [2.05, 4.69) is 0 Å². The molecule has 3 heteroatoms. The van der Waals surface area contributed by atoms with Crippen LogP contribution in [-0.4, -0.2) is 31.2 Å². The van der Waals surface area contributed by atoms with Crippen LogP contribution in [0.25, 0.3) is 0 Å². The molecule has 0 heterocycles. The summed E-state index contributed by atoms with van der Waals surface area (Å²) in [7, 11) is 5.52. The van der Waals surface area contributed by atoms with Gasteiger partial charge in [-0.15, -0.1) is 0 Å². The molecule has 0 saturated heterocycles. The molecule has 0 aliphatic heterocycles. The van der Waals surface area contributed by atoms with Crippen LogP contribution in [0.4, 0.5) is 0 Å². The Hall–Kier alpha value is -1.22. The van der Waals surface area contributed by atoms with E-state index in [1.165, 1.54) is 0 Å². The Kier molecular flexibility index (Phi) is 3.14. The third-order valence-electron chi connectivity index (χ3n) is 1.74. The summed E-state index contributed by atoms with van der Waals surface area (Å²) < 4.78 is 4.94. The number of ether oxygens (including phenoxy) is 1. The Balaban J connectivity index is 2.83. The topological polar surface area (TPSA) is 32.7 Å². The molecule has 0 unspecified atom stereocenters. The highest BCUT2D eigenvalue weighted by molar-refractivity contribution is 5.41. The van der Waals surface area contributed by atoms with Crippen LogP contribution in [0.3, 0.4) is 0 Å². The Morgan fingerprint density at radius 3 is 2.54 bits per heavy atom. The second-order valence-electron chi connectivity index (χ2n) is 3.24. The Morgan fingerprint density at radius 2 is 2.08 bits per heavy atom. The molecule has 1 aromatic carbocycles. The van der Waals surface area contributed by atoms with Crippen LogP contribution in [0, 0.1) is 0 Å². The maximum Gasteiger partial charge on any atom is 0.160 e. The maximum absolute atomic E-state index is 9.46. The van der Waals surface area contributed by atoms with Crippen LogP contribution in [0.5, 0.6) is 11.5 Å².